The molecule has 3 nitrogen and oxygen atoms in total. The summed E-state index contributed by atoms with van der Waals surface area (Å²) in [5.41, 5.74) is 0.261. The van der Waals surface area contributed by atoms with E-state index >= 15 is 0 Å². The Hall–Kier alpha value is -1.49. The molecule has 2 rings (SSSR count). The van der Waals surface area contributed by atoms with Gasteiger partial charge in [0.15, 0.2) is 0 Å². The first-order valence-corrected chi connectivity index (χ1v) is 5.36. The fraction of sp³-hybridized carbons (Fsp3) is 0.100. The molecular formula is C10H7FO3S. The zero-order valence-corrected chi connectivity index (χ0v) is 8.60. The second-order valence-electron chi connectivity index (χ2n) is 2.88. The Balaban J connectivity index is 2.86. The van der Waals surface area contributed by atoms with Crippen molar-refractivity contribution in [2.45, 2.75) is 4.90 Å². The van der Waals surface area contributed by atoms with Crippen molar-refractivity contribution in [2.75, 3.05) is 6.26 Å². The zero-order valence-electron chi connectivity index (χ0n) is 7.78. The largest absolute Gasteiger partial charge is 0.475 e. The SMILES string of the molecule is CSc1c(C(=O)O)oc2cccc(F)c12. The number of rotatable bonds is 2. The molecule has 1 aromatic carbocycles. The van der Waals surface area contributed by atoms with Crippen molar-refractivity contribution in [2.24, 2.45) is 0 Å². The fourth-order valence-electron chi connectivity index (χ4n) is 1.42. The van der Waals surface area contributed by atoms with Crippen LogP contribution in [-0.4, -0.2) is 17.3 Å². The molecule has 0 saturated heterocycles. The Kier molecular flexibility index (Phi) is 2.40. The second kappa shape index (κ2) is 3.58. The molecule has 0 unspecified atom stereocenters. The van der Waals surface area contributed by atoms with Crippen LogP contribution in [0.25, 0.3) is 11.0 Å². The summed E-state index contributed by atoms with van der Waals surface area (Å²) in [6, 6.07) is 4.31. The molecule has 1 aromatic heterocycles. The van der Waals surface area contributed by atoms with Crippen molar-refractivity contribution in [3.63, 3.8) is 0 Å². The van der Waals surface area contributed by atoms with Crippen LogP contribution in [0.15, 0.2) is 27.5 Å². The Morgan fingerprint density at radius 3 is 2.87 bits per heavy atom. The van der Waals surface area contributed by atoms with Gasteiger partial charge in [-0.3, -0.25) is 0 Å². The Morgan fingerprint density at radius 1 is 1.53 bits per heavy atom. The average Bonchev–Trinajstić information content (AvgIpc) is 2.57. The summed E-state index contributed by atoms with van der Waals surface area (Å²) >= 11 is 1.16. The number of halogens is 1. The van der Waals surface area contributed by atoms with Gasteiger partial charge in [0, 0.05) is 0 Å². The van der Waals surface area contributed by atoms with Gasteiger partial charge in [-0.15, -0.1) is 11.8 Å². The molecule has 0 radical (unpaired) electrons. The molecule has 5 heteroatoms. The lowest BCUT2D eigenvalue weighted by atomic mass is 10.2. The van der Waals surface area contributed by atoms with Gasteiger partial charge in [0.1, 0.15) is 11.4 Å². The van der Waals surface area contributed by atoms with Crippen LogP contribution in [0, 0.1) is 5.82 Å². The normalized spacial score (nSPS) is 10.8. The maximum atomic E-state index is 13.4. The topological polar surface area (TPSA) is 50.4 Å². The predicted octanol–water partition coefficient (Wildman–Crippen LogP) is 2.99. The van der Waals surface area contributed by atoms with Crippen LogP contribution in [0.2, 0.25) is 0 Å². The molecule has 15 heavy (non-hydrogen) atoms. The van der Waals surface area contributed by atoms with Crippen LogP contribution in [-0.2, 0) is 0 Å². The third kappa shape index (κ3) is 1.48. The first kappa shape index (κ1) is 10.0. The first-order chi connectivity index (χ1) is 7.15. The third-order valence-electron chi connectivity index (χ3n) is 2.02. The molecule has 0 bridgehead atoms. The quantitative estimate of drug-likeness (QED) is 0.800. The second-order valence-corrected chi connectivity index (χ2v) is 3.70. The summed E-state index contributed by atoms with van der Waals surface area (Å²) in [5.74, 6) is -1.86. The lowest BCUT2D eigenvalue weighted by Crippen LogP contribution is -1.94. The zero-order chi connectivity index (χ0) is 11.0. The smallest absolute Gasteiger partial charge is 0.373 e. The number of carbonyl (C=O) groups is 1. The Morgan fingerprint density at radius 2 is 2.27 bits per heavy atom. The lowest BCUT2D eigenvalue weighted by Gasteiger charge is -1.94. The van der Waals surface area contributed by atoms with E-state index in [4.69, 9.17) is 9.52 Å². The number of benzene rings is 1. The summed E-state index contributed by atoms with van der Waals surface area (Å²) in [5, 5.41) is 9.10. The van der Waals surface area contributed by atoms with Crippen LogP contribution < -0.4 is 0 Å². The van der Waals surface area contributed by atoms with E-state index in [1.165, 1.54) is 12.1 Å². The summed E-state index contributed by atoms with van der Waals surface area (Å²) in [7, 11) is 0. The summed E-state index contributed by atoms with van der Waals surface area (Å²) in [6.45, 7) is 0. The maximum absolute atomic E-state index is 13.4. The van der Waals surface area contributed by atoms with E-state index in [1.807, 2.05) is 0 Å². The fourth-order valence-corrected chi connectivity index (χ4v) is 2.13. The van der Waals surface area contributed by atoms with Gasteiger partial charge in [-0.05, 0) is 18.4 Å². The van der Waals surface area contributed by atoms with Gasteiger partial charge in [0.05, 0.1) is 10.3 Å². The molecular weight excluding hydrogens is 219 g/mol. The van der Waals surface area contributed by atoms with E-state index in [0.29, 0.717) is 4.90 Å². The number of carboxylic acid groups (broad SMARTS) is 1. The summed E-state index contributed by atoms with van der Waals surface area (Å²) in [6.07, 6.45) is 1.68. The molecule has 0 atom stereocenters. The van der Waals surface area contributed by atoms with Gasteiger partial charge in [-0.1, -0.05) is 6.07 Å². The molecule has 0 aliphatic carbocycles. The van der Waals surface area contributed by atoms with Gasteiger partial charge >= 0.3 is 5.97 Å². The van der Waals surface area contributed by atoms with E-state index in [1.54, 1.807) is 12.3 Å². The van der Waals surface area contributed by atoms with E-state index in [2.05, 4.69) is 0 Å². The number of thioether (sulfide) groups is 1. The number of furan rings is 1. The molecule has 0 fully saturated rings. The van der Waals surface area contributed by atoms with E-state index < -0.39 is 11.8 Å². The van der Waals surface area contributed by atoms with Crippen molar-refractivity contribution in [1.29, 1.82) is 0 Å². The number of fused-ring (bicyclic) bond motifs is 1. The van der Waals surface area contributed by atoms with Crippen LogP contribution in [0.1, 0.15) is 10.6 Å². The monoisotopic (exact) mass is 226 g/mol. The molecule has 0 aliphatic rings. The number of aromatic carboxylic acids is 1. The van der Waals surface area contributed by atoms with Crippen LogP contribution in [0.5, 0.6) is 0 Å². The highest BCUT2D eigenvalue weighted by molar-refractivity contribution is 7.98. The van der Waals surface area contributed by atoms with Gasteiger partial charge < -0.3 is 9.52 Å². The molecule has 1 heterocycles. The van der Waals surface area contributed by atoms with Gasteiger partial charge in [0.25, 0.3) is 0 Å². The minimum Gasteiger partial charge on any atom is -0.475 e. The highest BCUT2D eigenvalue weighted by Crippen LogP contribution is 2.34. The third-order valence-corrected chi connectivity index (χ3v) is 2.82. The van der Waals surface area contributed by atoms with Gasteiger partial charge in [0.2, 0.25) is 5.76 Å². The number of hydrogen-bond acceptors (Lipinski definition) is 3. The minimum absolute atomic E-state index is 0.206. The summed E-state index contributed by atoms with van der Waals surface area (Å²) < 4.78 is 18.5. The Labute approximate surface area is 88.9 Å². The molecule has 2 aromatic rings. The predicted molar refractivity (Wildman–Crippen MR) is 54.9 cm³/mol. The summed E-state index contributed by atoms with van der Waals surface area (Å²) in [4.78, 5) is 11.2. The van der Waals surface area contributed by atoms with Crippen LogP contribution in [0.3, 0.4) is 0 Å². The Bertz CT molecular complexity index is 533. The average molecular weight is 226 g/mol. The standard InChI is InChI=1S/C10H7FO3S/c1-15-9-7-5(11)3-2-4-6(7)14-8(9)10(12)13/h2-4H,1H3,(H,12,13). The van der Waals surface area contributed by atoms with Gasteiger partial charge in [-0.25, -0.2) is 9.18 Å². The van der Waals surface area contributed by atoms with Gasteiger partial charge in [-0.2, -0.15) is 0 Å². The van der Waals surface area contributed by atoms with Crippen molar-refractivity contribution in [3.8, 4) is 0 Å². The molecule has 1 N–H and O–H groups in total. The molecule has 0 amide bonds. The van der Waals surface area contributed by atoms with E-state index in [9.17, 15) is 9.18 Å². The highest BCUT2D eigenvalue weighted by Gasteiger charge is 2.21. The van der Waals surface area contributed by atoms with Crippen LogP contribution >= 0.6 is 11.8 Å². The lowest BCUT2D eigenvalue weighted by molar-refractivity contribution is 0.0660. The van der Waals surface area contributed by atoms with Crippen LogP contribution in [0.4, 0.5) is 4.39 Å². The van der Waals surface area contributed by atoms with Crippen molar-refractivity contribution in [1.82, 2.24) is 0 Å². The molecule has 78 valence electrons. The van der Waals surface area contributed by atoms with E-state index in [-0.39, 0.29) is 16.7 Å². The molecule has 0 aliphatic heterocycles. The minimum atomic E-state index is -1.19. The van der Waals surface area contributed by atoms with E-state index in [0.717, 1.165) is 11.8 Å². The molecule has 0 saturated carbocycles. The maximum Gasteiger partial charge on any atom is 0.373 e. The highest BCUT2D eigenvalue weighted by atomic mass is 32.2. The first-order valence-electron chi connectivity index (χ1n) is 4.13. The van der Waals surface area contributed by atoms with Crippen molar-refractivity contribution in [3.05, 3.63) is 29.8 Å². The molecule has 0 spiro atoms. The number of carboxylic acids is 1. The number of hydrogen-bond donors (Lipinski definition) is 1. The van der Waals surface area contributed by atoms with Crippen molar-refractivity contribution < 1.29 is 18.7 Å². The van der Waals surface area contributed by atoms with Crippen molar-refractivity contribution >= 4 is 28.7 Å².